The minimum Gasteiger partial charge on any atom is -0.389 e. The maximum atomic E-state index is 9.81. The first kappa shape index (κ1) is 13.4. The van der Waals surface area contributed by atoms with E-state index in [0.717, 1.165) is 30.8 Å². The molecule has 1 aliphatic heterocycles. The number of anilines is 1. The maximum absolute atomic E-state index is 9.81. The summed E-state index contributed by atoms with van der Waals surface area (Å²) in [6.45, 7) is 8.46. The fraction of sp³-hybridized carbons (Fsp3) is 0.600. The number of hydrogen-bond donors (Lipinski definition) is 3. The van der Waals surface area contributed by atoms with Crippen molar-refractivity contribution in [2.45, 2.75) is 39.3 Å². The molecule has 1 aromatic rings. The van der Waals surface area contributed by atoms with Crippen LogP contribution in [0.3, 0.4) is 0 Å². The van der Waals surface area contributed by atoms with Gasteiger partial charge in [-0.1, -0.05) is 32.0 Å². The van der Waals surface area contributed by atoms with Crippen molar-refractivity contribution in [2.75, 3.05) is 18.4 Å². The predicted molar refractivity (Wildman–Crippen MR) is 75.8 cm³/mol. The molecule has 1 fully saturated rings. The van der Waals surface area contributed by atoms with Crippen LogP contribution in [0.2, 0.25) is 0 Å². The van der Waals surface area contributed by atoms with Gasteiger partial charge in [0.05, 0.1) is 6.10 Å². The molecular formula is C15H24N2O. The Labute approximate surface area is 110 Å². The predicted octanol–water partition coefficient (Wildman–Crippen LogP) is 2.54. The molecule has 3 heteroatoms. The molecule has 2 atom stereocenters. The molecule has 2 unspecified atom stereocenters. The van der Waals surface area contributed by atoms with Crippen molar-refractivity contribution in [2.24, 2.45) is 5.41 Å². The van der Waals surface area contributed by atoms with Crippen molar-refractivity contribution in [1.29, 1.82) is 0 Å². The van der Waals surface area contributed by atoms with Gasteiger partial charge in [-0.05, 0) is 31.4 Å². The van der Waals surface area contributed by atoms with Crippen molar-refractivity contribution in [3.63, 3.8) is 0 Å². The Kier molecular flexibility index (Phi) is 3.93. The molecule has 0 aliphatic carbocycles. The van der Waals surface area contributed by atoms with Crippen molar-refractivity contribution in [3.8, 4) is 0 Å². The van der Waals surface area contributed by atoms with Gasteiger partial charge < -0.3 is 15.7 Å². The molecule has 18 heavy (non-hydrogen) atoms. The second-order valence-electron chi connectivity index (χ2n) is 5.91. The summed E-state index contributed by atoms with van der Waals surface area (Å²) in [6.07, 6.45) is 0.680. The van der Waals surface area contributed by atoms with E-state index in [1.165, 1.54) is 0 Å². The molecule has 1 saturated heterocycles. The van der Waals surface area contributed by atoms with Crippen LogP contribution < -0.4 is 10.6 Å². The Morgan fingerprint density at radius 1 is 1.39 bits per heavy atom. The molecule has 1 aliphatic rings. The molecule has 1 aromatic carbocycles. The summed E-state index contributed by atoms with van der Waals surface area (Å²) in [5, 5.41) is 16.9. The highest BCUT2D eigenvalue weighted by Gasteiger charge is 2.32. The topological polar surface area (TPSA) is 44.3 Å². The Morgan fingerprint density at radius 2 is 2.11 bits per heavy atom. The number of aliphatic hydroxyl groups is 1. The van der Waals surface area contributed by atoms with Gasteiger partial charge in [-0.25, -0.2) is 0 Å². The summed E-state index contributed by atoms with van der Waals surface area (Å²) >= 11 is 0. The Balaban J connectivity index is 2.18. The van der Waals surface area contributed by atoms with Gasteiger partial charge in [-0.3, -0.25) is 0 Å². The van der Waals surface area contributed by atoms with Gasteiger partial charge in [0.15, 0.2) is 0 Å². The Morgan fingerprint density at radius 3 is 2.78 bits per heavy atom. The molecule has 0 spiro atoms. The summed E-state index contributed by atoms with van der Waals surface area (Å²) in [5.41, 5.74) is 2.27. The smallest absolute Gasteiger partial charge is 0.0781 e. The number of nitrogens with one attached hydrogen (secondary N) is 2. The molecule has 3 N–H and O–H groups in total. The SMILES string of the molecule is CC(O)c1ccccc1NC1CCNCC1(C)C. The van der Waals surface area contributed by atoms with Crippen LogP contribution in [0.4, 0.5) is 5.69 Å². The molecule has 0 aromatic heterocycles. The molecule has 0 amide bonds. The fourth-order valence-corrected chi connectivity index (χ4v) is 2.62. The molecule has 2 rings (SSSR count). The van der Waals surface area contributed by atoms with E-state index in [-0.39, 0.29) is 5.41 Å². The molecule has 1 heterocycles. The summed E-state index contributed by atoms with van der Waals surface area (Å²) in [7, 11) is 0. The largest absolute Gasteiger partial charge is 0.389 e. The zero-order valence-corrected chi connectivity index (χ0v) is 11.5. The first-order valence-electron chi connectivity index (χ1n) is 6.75. The van der Waals surface area contributed by atoms with E-state index in [0.29, 0.717) is 6.04 Å². The van der Waals surface area contributed by atoms with Crippen molar-refractivity contribution in [1.82, 2.24) is 5.32 Å². The van der Waals surface area contributed by atoms with Gasteiger partial charge in [0.2, 0.25) is 0 Å². The highest BCUT2D eigenvalue weighted by atomic mass is 16.3. The quantitative estimate of drug-likeness (QED) is 0.770. The summed E-state index contributed by atoms with van der Waals surface area (Å²) in [6, 6.07) is 8.48. The van der Waals surface area contributed by atoms with Crippen LogP contribution in [0.5, 0.6) is 0 Å². The van der Waals surface area contributed by atoms with E-state index in [1.54, 1.807) is 0 Å². The van der Waals surface area contributed by atoms with Gasteiger partial charge in [0.25, 0.3) is 0 Å². The minimum atomic E-state index is -0.432. The van der Waals surface area contributed by atoms with Gasteiger partial charge in [-0.15, -0.1) is 0 Å². The standard InChI is InChI=1S/C15H24N2O/c1-11(18)12-6-4-5-7-13(12)17-14-8-9-16-10-15(14,2)3/h4-7,11,14,16-18H,8-10H2,1-3H3. The van der Waals surface area contributed by atoms with Crippen LogP contribution in [0, 0.1) is 5.41 Å². The Hall–Kier alpha value is -1.06. The number of para-hydroxylation sites is 1. The number of piperidine rings is 1. The summed E-state index contributed by atoms with van der Waals surface area (Å²) in [5.74, 6) is 0. The van der Waals surface area contributed by atoms with Crippen LogP contribution in [0.1, 0.15) is 38.9 Å². The first-order valence-corrected chi connectivity index (χ1v) is 6.75. The molecule has 0 radical (unpaired) electrons. The zero-order valence-electron chi connectivity index (χ0n) is 11.5. The second-order valence-corrected chi connectivity index (χ2v) is 5.91. The Bertz CT molecular complexity index is 401. The van der Waals surface area contributed by atoms with Gasteiger partial charge in [0.1, 0.15) is 0 Å². The number of benzene rings is 1. The third-order valence-corrected chi connectivity index (χ3v) is 3.87. The van der Waals surface area contributed by atoms with E-state index < -0.39 is 6.10 Å². The van der Waals surface area contributed by atoms with Crippen LogP contribution in [0.25, 0.3) is 0 Å². The third kappa shape index (κ3) is 2.85. The van der Waals surface area contributed by atoms with E-state index in [4.69, 9.17) is 0 Å². The lowest BCUT2D eigenvalue weighted by atomic mass is 9.79. The molecule has 0 saturated carbocycles. The monoisotopic (exact) mass is 248 g/mol. The van der Waals surface area contributed by atoms with Crippen molar-refractivity contribution in [3.05, 3.63) is 29.8 Å². The molecule has 0 bridgehead atoms. The number of hydrogen-bond acceptors (Lipinski definition) is 3. The normalized spacial score (nSPS) is 24.6. The van der Waals surface area contributed by atoms with E-state index in [1.807, 2.05) is 25.1 Å². The molecule has 3 nitrogen and oxygen atoms in total. The average molecular weight is 248 g/mol. The van der Waals surface area contributed by atoms with Crippen LogP contribution in [-0.2, 0) is 0 Å². The van der Waals surface area contributed by atoms with Crippen LogP contribution >= 0.6 is 0 Å². The number of aliphatic hydroxyl groups excluding tert-OH is 1. The number of rotatable bonds is 3. The fourth-order valence-electron chi connectivity index (χ4n) is 2.62. The third-order valence-electron chi connectivity index (χ3n) is 3.87. The molecular weight excluding hydrogens is 224 g/mol. The average Bonchev–Trinajstić information content (AvgIpc) is 2.32. The van der Waals surface area contributed by atoms with Crippen molar-refractivity contribution >= 4 is 5.69 Å². The van der Waals surface area contributed by atoms with E-state index in [9.17, 15) is 5.11 Å². The second kappa shape index (κ2) is 5.29. The maximum Gasteiger partial charge on any atom is 0.0781 e. The first-order chi connectivity index (χ1) is 8.50. The summed E-state index contributed by atoms with van der Waals surface area (Å²) in [4.78, 5) is 0. The minimum absolute atomic E-state index is 0.226. The van der Waals surface area contributed by atoms with E-state index in [2.05, 4.69) is 30.5 Å². The highest BCUT2D eigenvalue weighted by Crippen LogP contribution is 2.31. The van der Waals surface area contributed by atoms with Gasteiger partial charge in [0, 0.05) is 23.8 Å². The van der Waals surface area contributed by atoms with Crippen molar-refractivity contribution < 1.29 is 5.11 Å². The van der Waals surface area contributed by atoms with Crippen LogP contribution in [0.15, 0.2) is 24.3 Å². The lowest BCUT2D eigenvalue weighted by Gasteiger charge is -2.40. The zero-order chi connectivity index (χ0) is 13.2. The van der Waals surface area contributed by atoms with Gasteiger partial charge >= 0.3 is 0 Å². The lowest BCUT2D eigenvalue weighted by Crippen LogP contribution is -2.49. The van der Waals surface area contributed by atoms with E-state index >= 15 is 0 Å². The highest BCUT2D eigenvalue weighted by molar-refractivity contribution is 5.53. The molecule has 100 valence electrons. The van der Waals surface area contributed by atoms with Crippen LogP contribution in [-0.4, -0.2) is 24.2 Å². The van der Waals surface area contributed by atoms with Gasteiger partial charge in [-0.2, -0.15) is 0 Å². The lowest BCUT2D eigenvalue weighted by molar-refractivity contribution is 0.199. The summed E-state index contributed by atoms with van der Waals surface area (Å²) < 4.78 is 0.